The minimum atomic E-state index is -4.38. The van der Waals surface area contributed by atoms with E-state index in [-0.39, 0.29) is 11.8 Å². The molecule has 0 unspecified atom stereocenters. The number of rotatable bonds is 5. The predicted molar refractivity (Wildman–Crippen MR) is 114 cm³/mol. The lowest BCUT2D eigenvalue weighted by Gasteiger charge is -2.37. The van der Waals surface area contributed by atoms with Crippen molar-refractivity contribution in [3.63, 3.8) is 0 Å². The number of hydrogen-bond acceptors (Lipinski definition) is 4. The van der Waals surface area contributed by atoms with Crippen LogP contribution in [0.25, 0.3) is 0 Å². The molecule has 0 spiro atoms. The average Bonchev–Trinajstić information content (AvgIpc) is 2.73. The second-order valence-corrected chi connectivity index (χ2v) is 8.22. The van der Waals surface area contributed by atoms with Crippen LogP contribution in [0.2, 0.25) is 0 Å². The van der Waals surface area contributed by atoms with Crippen LogP contribution in [-0.2, 0) is 23.8 Å². The molecule has 1 aliphatic rings. The molecule has 168 valence electrons. The molecule has 0 atom stereocenters. The van der Waals surface area contributed by atoms with Gasteiger partial charge >= 0.3 is 6.18 Å². The van der Waals surface area contributed by atoms with Crippen LogP contribution in [0.4, 0.5) is 19.0 Å². The van der Waals surface area contributed by atoms with Crippen LogP contribution in [-0.4, -0.2) is 47.0 Å². The normalized spacial score (nSPS) is 15.0. The van der Waals surface area contributed by atoms with Crippen molar-refractivity contribution in [1.29, 1.82) is 0 Å². The fraction of sp³-hybridized carbons (Fsp3) is 0.522. The van der Waals surface area contributed by atoms with E-state index in [0.717, 1.165) is 23.1 Å². The number of piperazine rings is 1. The van der Waals surface area contributed by atoms with Gasteiger partial charge in [0.15, 0.2) is 0 Å². The third kappa shape index (κ3) is 5.35. The Morgan fingerprint density at radius 1 is 1.13 bits per heavy atom. The van der Waals surface area contributed by atoms with Gasteiger partial charge in [-0.15, -0.1) is 0 Å². The highest BCUT2D eigenvalue weighted by Crippen LogP contribution is 2.31. The van der Waals surface area contributed by atoms with E-state index in [1.54, 1.807) is 6.07 Å². The molecule has 2 aromatic rings. The number of benzene rings is 1. The van der Waals surface area contributed by atoms with Crippen molar-refractivity contribution in [3.05, 3.63) is 52.5 Å². The number of alkyl halides is 3. The molecule has 1 fully saturated rings. The van der Waals surface area contributed by atoms with E-state index in [2.05, 4.69) is 14.9 Å². The van der Waals surface area contributed by atoms with Gasteiger partial charge in [-0.25, -0.2) is 9.97 Å². The van der Waals surface area contributed by atoms with E-state index in [1.165, 1.54) is 12.1 Å². The summed E-state index contributed by atoms with van der Waals surface area (Å²) in [6, 6.07) is 5.43. The minimum absolute atomic E-state index is 0.0454. The largest absolute Gasteiger partial charge is 0.416 e. The summed E-state index contributed by atoms with van der Waals surface area (Å²) < 4.78 is 39.5. The van der Waals surface area contributed by atoms with Crippen molar-refractivity contribution in [1.82, 2.24) is 14.9 Å². The van der Waals surface area contributed by atoms with Crippen LogP contribution in [0.3, 0.4) is 0 Å². The summed E-state index contributed by atoms with van der Waals surface area (Å²) in [5, 5.41) is 0. The van der Waals surface area contributed by atoms with E-state index < -0.39 is 11.7 Å². The highest BCUT2D eigenvalue weighted by molar-refractivity contribution is 5.78. The maximum absolute atomic E-state index is 13.2. The number of halogens is 3. The number of nitrogens with zero attached hydrogens (tertiary/aromatic N) is 4. The van der Waals surface area contributed by atoms with Gasteiger partial charge in [0.05, 0.1) is 5.56 Å². The number of hydrogen-bond donors (Lipinski definition) is 0. The first-order valence-corrected chi connectivity index (χ1v) is 10.7. The molecule has 0 radical (unpaired) electrons. The average molecular weight is 435 g/mol. The Kier molecular flexibility index (Phi) is 6.86. The van der Waals surface area contributed by atoms with Crippen LogP contribution in [0.1, 0.15) is 49.0 Å². The van der Waals surface area contributed by atoms with Crippen LogP contribution < -0.4 is 4.90 Å². The summed E-state index contributed by atoms with van der Waals surface area (Å²) >= 11 is 0. The molecule has 5 nitrogen and oxygen atoms in total. The van der Waals surface area contributed by atoms with Crippen molar-refractivity contribution in [2.24, 2.45) is 5.92 Å². The van der Waals surface area contributed by atoms with Gasteiger partial charge in [-0.05, 0) is 25.0 Å². The van der Waals surface area contributed by atoms with E-state index >= 15 is 0 Å². The monoisotopic (exact) mass is 434 g/mol. The molecule has 8 heteroatoms. The SMILES string of the molecule is CCc1nc(C)nc(N2CCN(C(=O)C(C)C)CC2)c1Cc1cccc(C(F)(F)F)c1. The Labute approximate surface area is 181 Å². The Morgan fingerprint density at radius 3 is 2.39 bits per heavy atom. The summed E-state index contributed by atoms with van der Waals surface area (Å²) in [5.74, 6) is 1.49. The molecular formula is C23H29F3N4O. The first-order valence-electron chi connectivity index (χ1n) is 10.7. The van der Waals surface area contributed by atoms with Gasteiger partial charge in [-0.1, -0.05) is 39.0 Å². The number of carbonyl (C=O) groups excluding carboxylic acids is 1. The highest BCUT2D eigenvalue weighted by atomic mass is 19.4. The summed E-state index contributed by atoms with van der Waals surface area (Å²) in [4.78, 5) is 25.5. The molecule has 1 aromatic heterocycles. The van der Waals surface area contributed by atoms with Gasteiger partial charge in [0.2, 0.25) is 5.91 Å². The van der Waals surface area contributed by atoms with Gasteiger partial charge in [-0.3, -0.25) is 4.79 Å². The molecule has 0 bridgehead atoms. The van der Waals surface area contributed by atoms with Crippen LogP contribution in [0.15, 0.2) is 24.3 Å². The molecule has 0 saturated carbocycles. The second-order valence-electron chi connectivity index (χ2n) is 8.22. The molecule has 2 heterocycles. The third-order valence-electron chi connectivity index (χ3n) is 5.54. The molecule has 3 rings (SSSR count). The standard InChI is InChI=1S/C23H29F3N4O/c1-5-20-19(14-17-7-6-8-18(13-17)23(24,25)26)21(28-16(4)27-20)29-9-11-30(12-10-29)22(31)15(2)3/h6-8,13,15H,5,9-12,14H2,1-4H3. The van der Waals surface area contributed by atoms with Gasteiger partial charge in [0, 0.05) is 49.8 Å². The number of carbonyl (C=O) groups is 1. The summed E-state index contributed by atoms with van der Waals surface area (Å²) in [7, 11) is 0. The quantitative estimate of drug-likeness (QED) is 0.706. The van der Waals surface area contributed by atoms with Crippen molar-refractivity contribution in [2.75, 3.05) is 31.1 Å². The van der Waals surface area contributed by atoms with Crippen LogP contribution in [0.5, 0.6) is 0 Å². The predicted octanol–water partition coefficient (Wildman–Crippen LogP) is 4.26. The lowest BCUT2D eigenvalue weighted by atomic mass is 10.00. The van der Waals surface area contributed by atoms with E-state index in [4.69, 9.17) is 0 Å². The highest BCUT2D eigenvalue weighted by Gasteiger charge is 2.31. The summed E-state index contributed by atoms with van der Waals surface area (Å²) in [6.45, 7) is 10.1. The Hall–Kier alpha value is -2.64. The number of anilines is 1. The molecule has 1 amide bonds. The Bertz CT molecular complexity index is 935. The maximum Gasteiger partial charge on any atom is 0.416 e. The molecule has 0 aliphatic carbocycles. The maximum atomic E-state index is 13.2. The zero-order valence-electron chi connectivity index (χ0n) is 18.5. The lowest BCUT2D eigenvalue weighted by Crippen LogP contribution is -2.50. The van der Waals surface area contributed by atoms with Crippen molar-refractivity contribution < 1.29 is 18.0 Å². The van der Waals surface area contributed by atoms with E-state index in [0.29, 0.717) is 50.4 Å². The topological polar surface area (TPSA) is 49.3 Å². The van der Waals surface area contributed by atoms with E-state index in [1.807, 2.05) is 32.6 Å². The number of amides is 1. The Morgan fingerprint density at radius 2 is 1.81 bits per heavy atom. The smallest absolute Gasteiger partial charge is 0.353 e. The summed E-state index contributed by atoms with van der Waals surface area (Å²) in [6.07, 6.45) is -3.39. The second kappa shape index (κ2) is 9.24. The molecule has 1 aromatic carbocycles. The molecule has 31 heavy (non-hydrogen) atoms. The van der Waals surface area contributed by atoms with Gasteiger partial charge in [-0.2, -0.15) is 13.2 Å². The van der Waals surface area contributed by atoms with Crippen molar-refractivity contribution >= 4 is 11.7 Å². The molecular weight excluding hydrogens is 405 g/mol. The van der Waals surface area contributed by atoms with Crippen molar-refractivity contribution in [3.8, 4) is 0 Å². The van der Waals surface area contributed by atoms with Crippen molar-refractivity contribution in [2.45, 2.75) is 46.7 Å². The Balaban J connectivity index is 1.91. The zero-order chi connectivity index (χ0) is 22.8. The first kappa shape index (κ1) is 23.0. The number of aromatic nitrogens is 2. The van der Waals surface area contributed by atoms with Gasteiger partial charge < -0.3 is 9.80 Å². The fourth-order valence-electron chi connectivity index (χ4n) is 3.94. The minimum Gasteiger partial charge on any atom is -0.353 e. The van der Waals surface area contributed by atoms with Crippen LogP contribution >= 0.6 is 0 Å². The van der Waals surface area contributed by atoms with Crippen LogP contribution in [0, 0.1) is 12.8 Å². The zero-order valence-corrected chi connectivity index (χ0v) is 18.5. The number of aryl methyl sites for hydroxylation is 2. The van der Waals surface area contributed by atoms with E-state index in [9.17, 15) is 18.0 Å². The molecule has 0 N–H and O–H groups in total. The fourth-order valence-corrected chi connectivity index (χ4v) is 3.94. The summed E-state index contributed by atoms with van der Waals surface area (Å²) in [5.41, 5.74) is 1.63. The first-order chi connectivity index (χ1) is 14.6. The van der Waals surface area contributed by atoms with Gasteiger partial charge in [0.1, 0.15) is 11.6 Å². The third-order valence-corrected chi connectivity index (χ3v) is 5.54. The van der Waals surface area contributed by atoms with Gasteiger partial charge in [0.25, 0.3) is 0 Å². The molecule has 1 aliphatic heterocycles. The molecule has 1 saturated heterocycles. The lowest BCUT2D eigenvalue weighted by molar-refractivity contribution is -0.137.